The van der Waals surface area contributed by atoms with Gasteiger partial charge in [0.1, 0.15) is 31.0 Å². The van der Waals surface area contributed by atoms with Gasteiger partial charge < -0.3 is 49.3 Å². The molecule has 12 nitrogen and oxygen atoms in total. The third-order valence-corrected chi connectivity index (χ3v) is 5.44. The summed E-state index contributed by atoms with van der Waals surface area (Å²) in [5, 5.41) is 60.4. The summed E-state index contributed by atoms with van der Waals surface area (Å²) in [6.07, 6.45) is -5.71. The van der Waals surface area contributed by atoms with E-state index in [-0.39, 0.29) is 22.8 Å². The molecule has 5 atom stereocenters. The summed E-state index contributed by atoms with van der Waals surface area (Å²) in [6, 6.07) is 9.31. The van der Waals surface area contributed by atoms with Crippen LogP contribution in [0.3, 0.4) is 0 Å². The van der Waals surface area contributed by atoms with Gasteiger partial charge in [0.05, 0.1) is 0 Å². The summed E-state index contributed by atoms with van der Waals surface area (Å²) in [6.45, 7) is -0.534. The first kappa shape index (κ1) is 25.0. The molecule has 0 amide bonds. The molecule has 4 rings (SSSR count). The van der Waals surface area contributed by atoms with E-state index in [1.165, 1.54) is 48.5 Å². The van der Waals surface area contributed by atoms with Crippen molar-refractivity contribution in [3.8, 4) is 23.0 Å². The van der Waals surface area contributed by atoms with Crippen LogP contribution in [-0.2, 0) is 14.3 Å². The Labute approximate surface area is 202 Å². The molecule has 1 aromatic heterocycles. The number of phenols is 3. The van der Waals surface area contributed by atoms with Crippen molar-refractivity contribution in [2.24, 2.45) is 0 Å². The van der Waals surface area contributed by atoms with Crippen LogP contribution in [0.15, 0.2) is 57.8 Å². The molecule has 0 spiro atoms. The van der Waals surface area contributed by atoms with Crippen LogP contribution in [0.25, 0.3) is 17.0 Å². The van der Waals surface area contributed by atoms with Crippen LogP contribution in [0.1, 0.15) is 5.56 Å². The lowest BCUT2D eigenvalue weighted by molar-refractivity contribution is -0.278. The smallest absolute Gasteiger partial charge is 0.336 e. The van der Waals surface area contributed by atoms with Gasteiger partial charge in [0, 0.05) is 17.5 Å². The normalized spacial score (nSPS) is 24.1. The molecule has 0 aliphatic carbocycles. The molecule has 0 bridgehead atoms. The predicted molar refractivity (Wildman–Crippen MR) is 121 cm³/mol. The molecule has 3 aromatic rings. The number of hydrogen-bond acceptors (Lipinski definition) is 12. The minimum atomic E-state index is -1.75. The van der Waals surface area contributed by atoms with Crippen LogP contribution >= 0.6 is 0 Å². The monoisotopic (exact) mass is 502 g/mol. The van der Waals surface area contributed by atoms with E-state index < -0.39 is 54.7 Å². The largest absolute Gasteiger partial charge is 0.504 e. The molecule has 1 aliphatic rings. The maximum absolute atomic E-state index is 12.1. The number of fused-ring (bicyclic) bond motifs is 1. The number of aliphatic hydroxyl groups excluding tert-OH is 3. The zero-order valence-corrected chi connectivity index (χ0v) is 18.4. The van der Waals surface area contributed by atoms with Crippen LogP contribution in [0.4, 0.5) is 0 Å². The highest BCUT2D eigenvalue weighted by molar-refractivity contribution is 5.87. The van der Waals surface area contributed by atoms with Crippen molar-refractivity contribution in [1.29, 1.82) is 0 Å². The van der Waals surface area contributed by atoms with Crippen molar-refractivity contribution >= 4 is 23.0 Å². The van der Waals surface area contributed by atoms with Crippen LogP contribution < -0.4 is 10.4 Å². The minimum absolute atomic E-state index is 0.162. The first-order chi connectivity index (χ1) is 17.1. The zero-order valence-electron chi connectivity index (χ0n) is 18.4. The van der Waals surface area contributed by atoms with Crippen molar-refractivity contribution in [3.63, 3.8) is 0 Å². The molecule has 2 heterocycles. The zero-order chi connectivity index (χ0) is 26.0. The second kappa shape index (κ2) is 10.3. The number of aromatic hydroxyl groups is 3. The SMILES string of the molecule is O=C(C=Cc1ccc(O)c(O)c1)OCC1OC(Oc2ccc3ccc(=O)oc3c2O)C(O)C(O)C1O. The summed E-state index contributed by atoms with van der Waals surface area (Å²) in [4.78, 5) is 23.5. The molecular formula is C24H22O12. The van der Waals surface area contributed by atoms with Crippen LogP contribution in [-0.4, -0.2) is 73.9 Å². The average Bonchev–Trinajstić information content (AvgIpc) is 2.86. The Hall–Kier alpha value is -4.10. The number of rotatable bonds is 6. The van der Waals surface area contributed by atoms with Gasteiger partial charge in [-0.15, -0.1) is 0 Å². The van der Waals surface area contributed by atoms with Gasteiger partial charge >= 0.3 is 11.6 Å². The van der Waals surface area contributed by atoms with E-state index in [9.17, 15) is 40.2 Å². The van der Waals surface area contributed by atoms with E-state index >= 15 is 0 Å². The number of carbonyl (C=O) groups excluding carboxylic acids is 1. The highest BCUT2D eigenvalue weighted by Gasteiger charge is 2.45. The maximum Gasteiger partial charge on any atom is 0.336 e. The van der Waals surface area contributed by atoms with Crippen LogP contribution in [0, 0.1) is 0 Å². The van der Waals surface area contributed by atoms with Gasteiger partial charge in [-0.3, -0.25) is 0 Å². The first-order valence-electron chi connectivity index (χ1n) is 10.6. The van der Waals surface area contributed by atoms with E-state index in [4.69, 9.17) is 18.6 Å². The second-order valence-electron chi connectivity index (χ2n) is 7.93. The Balaban J connectivity index is 1.43. The molecule has 190 valence electrons. The van der Waals surface area contributed by atoms with Crippen LogP contribution in [0.2, 0.25) is 0 Å². The van der Waals surface area contributed by atoms with Crippen molar-refractivity contribution in [2.45, 2.75) is 30.7 Å². The fraction of sp³-hybridized carbons (Fsp3) is 0.250. The van der Waals surface area contributed by atoms with Crippen molar-refractivity contribution in [2.75, 3.05) is 6.61 Å². The Morgan fingerprint density at radius 1 is 0.944 bits per heavy atom. The van der Waals surface area contributed by atoms with E-state index in [2.05, 4.69) is 0 Å². The Morgan fingerprint density at radius 2 is 1.69 bits per heavy atom. The molecule has 12 heteroatoms. The summed E-state index contributed by atoms with van der Waals surface area (Å²) in [7, 11) is 0. The third kappa shape index (κ3) is 5.26. The minimum Gasteiger partial charge on any atom is -0.504 e. The molecule has 0 saturated carbocycles. The van der Waals surface area contributed by atoms with Crippen molar-refractivity contribution in [3.05, 3.63) is 64.5 Å². The lowest BCUT2D eigenvalue weighted by Gasteiger charge is -2.39. The van der Waals surface area contributed by atoms with Gasteiger partial charge in [-0.25, -0.2) is 9.59 Å². The predicted octanol–water partition coefficient (Wildman–Crippen LogP) is 0.353. The fourth-order valence-electron chi connectivity index (χ4n) is 3.49. The van der Waals surface area contributed by atoms with E-state index in [1.54, 1.807) is 0 Å². The van der Waals surface area contributed by atoms with Gasteiger partial charge in [0.2, 0.25) is 12.0 Å². The molecule has 1 fully saturated rings. The number of benzene rings is 2. The van der Waals surface area contributed by atoms with Gasteiger partial charge in [-0.1, -0.05) is 6.07 Å². The Kier molecular flexibility index (Phi) is 7.12. The number of ether oxygens (including phenoxy) is 3. The van der Waals surface area contributed by atoms with Gasteiger partial charge in [0.15, 0.2) is 22.8 Å². The third-order valence-electron chi connectivity index (χ3n) is 5.44. The van der Waals surface area contributed by atoms with Crippen LogP contribution in [0.5, 0.6) is 23.0 Å². The second-order valence-corrected chi connectivity index (χ2v) is 7.93. The Bertz CT molecular complexity index is 1350. The number of esters is 1. The summed E-state index contributed by atoms with van der Waals surface area (Å²) in [5.74, 6) is -2.33. The first-order valence-corrected chi connectivity index (χ1v) is 10.6. The number of carbonyl (C=O) groups is 1. The summed E-state index contributed by atoms with van der Waals surface area (Å²) in [5.41, 5.74) is -0.472. The lowest BCUT2D eigenvalue weighted by atomic mass is 9.99. The quantitative estimate of drug-likeness (QED) is 0.117. The average molecular weight is 502 g/mol. The molecule has 2 aromatic carbocycles. The van der Waals surface area contributed by atoms with Gasteiger partial charge in [0.25, 0.3) is 0 Å². The van der Waals surface area contributed by atoms with E-state index in [0.717, 1.165) is 6.08 Å². The topological polar surface area (TPSA) is 196 Å². The standard InChI is InChI=1S/C24H22O12/c25-13-5-1-11(9-14(13)26)2-7-17(27)33-10-16-19(29)21(31)22(32)24(35-16)34-15-6-3-12-4-8-18(28)36-23(12)20(15)30/h1-9,16,19,21-22,24-26,29-32H,10H2. The molecular weight excluding hydrogens is 480 g/mol. The summed E-state index contributed by atoms with van der Waals surface area (Å²) >= 11 is 0. The number of phenolic OH excluding ortho intramolecular Hbond substituents is 3. The number of hydrogen-bond donors (Lipinski definition) is 6. The van der Waals surface area contributed by atoms with E-state index in [1.807, 2.05) is 0 Å². The molecule has 0 radical (unpaired) electrons. The van der Waals surface area contributed by atoms with Gasteiger partial charge in [-0.05, 0) is 42.0 Å². The highest BCUT2D eigenvalue weighted by Crippen LogP contribution is 2.36. The van der Waals surface area contributed by atoms with Crippen molar-refractivity contribution < 1.29 is 54.1 Å². The molecule has 6 N–H and O–H groups in total. The van der Waals surface area contributed by atoms with Crippen molar-refractivity contribution in [1.82, 2.24) is 0 Å². The fourth-order valence-corrected chi connectivity index (χ4v) is 3.49. The highest BCUT2D eigenvalue weighted by atomic mass is 16.7. The van der Waals surface area contributed by atoms with E-state index in [0.29, 0.717) is 10.9 Å². The molecule has 1 aliphatic heterocycles. The number of aliphatic hydroxyl groups is 3. The maximum atomic E-state index is 12.1. The molecule has 5 unspecified atom stereocenters. The molecule has 36 heavy (non-hydrogen) atoms. The molecule has 1 saturated heterocycles. The Morgan fingerprint density at radius 3 is 2.44 bits per heavy atom. The van der Waals surface area contributed by atoms with Gasteiger partial charge in [-0.2, -0.15) is 0 Å². The lowest BCUT2D eigenvalue weighted by Crippen LogP contribution is -2.60. The summed E-state index contributed by atoms with van der Waals surface area (Å²) < 4.78 is 21.0.